The number of aromatic nitrogens is 4. The van der Waals surface area contributed by atoms with Crippen molar-refractivity contribution >= 4 is 11.4 Å². The third-order valence-corrected chi connectivity index (χ3v) is 5.67. The summed E-state index contributed by atoms with van der Waals surface area (Å²) >= 11 is 0. The summed E-state index contributed by atoms with van der Waals surface area (Å²) in [6.07, 6.45) is 7.71. The Morgan fingerprint density at radius 3 is 3.00 bits per heavy atom. The van der Waals surface area contributed by atoms with Crippen LogP contribution in [0.1, 0.15) is 47.9 Å². The van der Waals surface area contributed by atoms with E-state index in [1.54, 1.807) is 6.33 Å². The Morgan fingerprint density at radius 2 is 2.24 bits per heavy atom. The number of carbonyl (C=O) groups excluding carboxylic acids is 1. The number of rotatable bonds is 2. The van der Waals surface area contributed by atoms with Gasteiger partial charge in [-0.2, -0.15) is 5.10 Å². The molecule has 6 heteroatoms. The fourth-order valence-electron chi connectivity index (χ4n) is 4.01. The number of pyridine rings is 1. The van der Waals surface area contributed by atoms with Gasteiger partial charge < -0.3 is 9.88 Å². The van der Waals surface area contributed by atoms with Gasteiger partial charge in [0.25, 0.3) is 0 Å². The molecule has 0 bridgehead atoms. The monoisotopic (exact) mass is 335 g/mol. The van der Waals surface area contributed by atoms with Crippen LogP contribution in [-0.4, -0.2) is 36.9 Å². The van der Waals surface area contributed by atoms with Crippen molar-refractivity contribution in [3.05, 3.63) is 53.4 Å². The molecule has 1 fully saturated rings. The van der Waals surface area contributed by atoms with Crippen molar-refractivity contribution in [3.8, 4) is 0 Å². The first-order valence-corrected chi connectivity index (χ1v) is 9.00. The summed E-state index contributed by atoms with van der Waals surface area (Å²) in [4.78, 5) is 22.8. The highest BCUT2D eigenvalue weighted by atomic mass is 16.2. The lowest BCUT2D eigenvalue weighted by molar-refractivity contribution is -0.140. The van der Waals surface area contributed by atoms with Crippen LogP contribution in [0, 0.1) is 12.8 Å². The minimum absolute atomic E-state index is 0.182. The molecule has 1 atom stereocenters. The first-order valence-electron chi connectivity index (χ1n) is 9.00. The number of imidazole rings is 1. The molecule has 0 spiro atoms. The van der Waals surface area contributed by atoms with Crippen LogP contribution in [0.2, 0.25) is 0 Å². The molecule has 3 aromatic heterocycles. The molecular weight excluding hydrogens is 314 g/mol. The van der Waals surface area contributed by atoms with Gasteiger partial charge in [0.2, 0.25) is 5.91 Å². The zero-order valence-electron chi connectivity index (χ0n) is 14.3. The number of amides is 1. The van der Waals surface area contributed by atoms with Gasteiger partial charge in [-0.15, -0.1) is 0 Å². The first-order chi connectivity index (χ1) is 12.2. The molecule has 0 saturated heterocycles. The lowest BCUT2D eigenvalue weighted by atomic mass is 9.83. The molecule has 5 rings (SSSR count). The van der Waals surface area contributed by atoms with Crippen LogP contribution < -0.4 is 0 Å². The lowest BCUT2D eigenvalue weighted by Gasteiger charge is -2.38. The van der Waals surface area contributed by atoms with Crippen LogP contribution in [0.5, 0.6) is 0 Å². The third-order valence-electron chi connectivity index (χ3n) is 5.67. The van der Waals surface area contributed by atoms with Gasteiger partial charge in [0, 0.05) is 30.8 Å². The molecule has 1 aliphatic heterocycles. The van der Waals surface area contributed by atoms with E-state index in [4.69, 9.17) is 5.10 Å². The largest absolute Gasteiger partial charge is 0.348 e. The Labute approximate surface area is 145 Å². The molecule has 2 aliphatic rings. The Balaban J connectivity index is 1.62. The molecule has 1 aliphatic carbocycles. The quantitative estimate of drug-likeness (QED) is 0.783. The van der Waals surface area contributed by atoms with Gasteiger partial charge in [0.05, 0.1) is 23.2 Å². The lowest BCUT2D eigenvalue weighted by Crippen LogP contribution is -2.45. The molecule has 6 nitrogen and oxygen atoms in total. The fraction of sp³-hybridized carbons (Fsp3) is 0.421. The standard InChI is InChI=1S/C19H21N5O/c1-12-4-3-8-24-16(12)10-15(22-24)18-17-14(20-11-21-17)7-9-23(18)19(25)13-5-2-6-13/h3-4,8,10-11,13,18H,2,5-7,9H2,1H3,(H,20,21). The number of H-pyrrole nitrogens is 1. The van der Waals surface area contributed by atoms with Gasteiger partial charge in [0.1, 0.15) is 6.04 Å². The van der Waals surface area contributed by atoms with Crippen LogP contribution in [-0.2, 0) is 11.2 Å². The molecule has 0 radical (unpaired) electrons. The van der Waals surface area contributed by atoms with E-state index in [0.29, 0.717) is 0 Å². The number of hydrogen-bond acceptors (Lipinski definition) is 3. The molecule has 128 valence electrons. The van der Waals surface area contributed by atoms with E-state index in [0.717, 1.165) is 54.8 Å². The smallest absolute Gasteiger partial charge is 0.226 e. The third kappa shape index (κ3) is 2.20. The summed E-state index contributed by atoms with van der Waals surface area (Å²) in [5, 5.41) is 4.78. The first kappa shape index (κ1) is 14.7. The summed E-state index contributed by atoms with van der Waals surface area (Å²) in [7, 11) is 0. The molecule has 25 heavy (non-hydrogen) atoms. The molecule has 1 N–H and O–H groups in total. The van der Waals surface area contributed by atoms with E-state index in [1.807, 2.05) is 21.7 Å². The van der Waals surface area contributed by atoms with E-state index >= 15 is 0 Å². The summed E-state index contributed by atoms with van der Waals surface area (Å²) in [6, 6.07) is 5.99. The SMILES string of the molecule is Cc1cccn2nc(C3c4nc[nH]c4CCN3C(=O)C3CCC3)cc12. The van der Waals surface area contributed by atoms with Crippen molar-refractivity contribution in [2.75, 3.05) is 6.54 Å². The minimum atomic E-state index is -0.192. The Hall–Kier alpha value is -2.63. The van der Waals surface area contributed by atoms with Crippen molar-refractivity contribution in [2.24, 2.45) is 5.92 Å². The highest BCUT2D eigenvalue weighted by molar-refractivity contribution is 5.81. The normalized spacial score (nSPS) is 20.5. The number of aryl methyl sites for hydroxylation is 1. The summed E-state index contributed by atoms with van der Waals surface area (Å²) in [5.74, 6) is 0.445. The average Bonchev–Trinajstić information content (AvgIpc) is 3.19. The van der Waals surface area contributed by atoms with Gasteiger partial charge in [-0.3, -0.25) is 4.79 Å². The van der Waals surface area contributed by atoms with Crippen molar-refractivity contribution in [2.45, 2.75) is 38.6 Å². The molecular formula is C19H21N5O. The second-order valence-corrected chi connectivity index (χ2v) is 7.17. The molecule has 3 aromatic rings. The second-order valence-electron chi connectivity index (χ2n) is 7.17. The van der Waals surface area contributed by atoms with Crippen LogP contribution in [0.25, 0.3) is 5.52 Å². The van der Waals surface area contributed by atoms with Crippen molar-refractivity contribution in [3.63, 3.8) is 0 Å². The summed E-state index contributed by atoms with van der Waals surface area (Å²) in [6.45, 7) is 2.81. The highest BCUT2D eigenvalue weighted by Crippen LogP contribution is 2.37. The number of fused-ring (bicyclic) bond motifs is 2. The van der Waals surface area contributed by atoms with E-state index in [1.165, 1.54) is 5.56 Å². The highest BCUT2D eigenvalue weighted by Gasteiger charge is 2.39. The second kappa shape index (κ2) is 5.44. The zero-order valence-corrected chi connectivity index (χ0v) is 14.3. The van der Waals surface area contributed by atoms with Gasteiger partial charge in [0.15, 0.2) is 0 Å². The van der Waals surface area contributed by atoms with Crippen LogP contribution in [0.3, 0.4) is 0 Å². The number of hydrogen-bond donors (Lipinski definition) is 1. The molecule has 1 amide bonds. The average molecular weight is 335 g/mol. The van der Waals surface area contributed by atoms with Crippen molar-refractivity contribution < 1.29 is 4.79 Å². The predicted molar refractivity (Wildman–Crippen MR) is 93.1 cm³/mol. The molecule has 1 unspecified atom stereocenters. The van der Waals surface area contributed by atoms with Gasteiger partial charge >= 0.3 is 0 Å². The number of carbonyl (C=O) groups is 1. The maximum Gasteiger partial charge on any atom is 0.226 e. The maximum atomic E-state index is 13.0. The number of nitrogens with one attached hydrogen (secondary N) is 1. The minimum Gasteiger partial charge on any atom is -0.348 e. The Bertz CT molecular complexity index is 952. The van der Waals surface area contributed by atoms with Gasteiger partial charge in [-0.25, -0.2) is 9.50 Å². The summed E-state index contributed by atoms with van der Waals surface area (Å²) in [5.41, 5.74) is 5.22. The number of aromatic amines is 1. The van der Waals surface area contributed by atoms with Crippen LogP contribution in [0.4, 0.5) is 0 Å². The van der Waals surface area contributed by atoms with Gasteiger partial charge in [-0.1, -0.05) is 12.5 Å². The van der Waals surface area contributed by atoms with Crippen LogP contribution >= 0.6 is 0 Å². The van der Waals surface area contributed by atoms with Crippen molar-refractivity contribution in [1.29, 1.82) is 0 Å². The summed E-state index contributed by atoms with van der Waals surface area (Å²) < 4.78 is 1.90. The topological polar surface area (TPSA) is 66.3 Å². The van der Waals surface area contributed by atoms with E-state index < -0.39 is 0 Å². The zero-order chi connectivity index (χ0) is 17.0. The van der Waals surface area contributed by atoms with E-state index in [-0.39, 0.29) is 17.9 Å². The molecule has 4 heterocycles. The molecule has 1 saturated carbocycles. The predicted octanol–water partition coefficient (Wildman–Crippen LogP) is 2.64. The van der Waals surface area contributed by atoms with Gasteiger partial charge in [-0.05, 0) is 37.5 Å². The van der Waals surface area contributed by atoms with E-state index in [2.05, 4.69) is 29.0 Å². The Kier molecular flexibility index (Phi) is 3.20. The number of nitrogens with zero attached hydrogens (tertiary/aromatic N) is 4. The molecule has 0 aromatic carbocycles. The van der Waals surface area contributed by atoms with Crippen LogP contribution in [0.15, 0.2) is 30.7 Å². The maximum absolute atomic E-state index is 13.0. The van der Waals surface area contributed by atoms with Crippen molar-refractivity contribution in [1.82, 2.24) is 24.5 Å². The van der Waals surface area contributed by atoms with E-state index in [9.17, 15) is 4.79 Å². The fourth-order valence-corrected chi connectivity index (χ4v) is 4.01. The Morgan fingerprint density at radius 1 is 1.36 bits per heavy atom.